The number of carbonyl (C=O) groups excluding carboxylic acids is 2. The average Bonchev–Trinajstić information content (AvgIpc) is 2.21. The van der Waals surface area contributed by atoms with Crippen molar-refractivity contribution in [1.29, 1.82) is 0 Å². The Morgan fingerprint density at radius 3 is 2.65 bits per heavy atom. The molecule has 1 aromatic rings. The number of primary amides is 1. The molecular formula is C11H13IN2O3. The van der Waals surface area contributed by atoms with Crippen molar-refractivity contribution in [3.8, 4) is 5.75 Å². The second-order valence-corrected chi connectivity index (χ2v) is 4.81. The maximum absolute atomic E-state index is 11.1. The van der Waals surface area contributed by atoms with Gasteiger partial charge in [-0.25, -0.2) is 0 Å². The van der Waals surface area contributed by atoms with E-state index in [0.29, 0.717) is 9.99 Å². The van der Waals surface area contributed by atoms with Gasteiger partial charge in [0.25, 0.3) is 0 Å². The molecule has 0 spiro atoms. The summed E-state index contributed by atoms with van der Waals surface area (Å²) in [6.45, 7) is 1.33. The minimum atomic E-state index is -0.729. The van der Waals surface area contributed by atoms with Crippen molar-refractivity contribution in [2.45, 2.75) is 19.4 Å². The van der Waals surface area contributed by atoms with Gasteiger partial charge in [0, 0.05) is 13.3 Å². The van der Waals surface area contributed by atoms with E-state index < -0.39 is 11.9 Å². The Balaban J connectivity index is 2.82. The second kappa shape index (κ2) is 5.85. The monoisotopic (exact) mass is 348 g/mol. The Morgan fingerprint density at radius 2 is 2.18 bits per heavy atom. The van der Waals surface area contributed by atoms with E-state index >= 15 is 0 Å². The van der Waals surface area contributed by atoms with E-state index in [0.717, 1.165) is 5.56 Å². The van der Waals surface area contributed by atoms with Crippen LogP contribution in [-0.4, -0.2) is 23.0 Å². The van der Waals surface area contributed by atoms with Gasteiger partial charge in [0.15, 0.2) is 0 Å². The summed E-state index contributed by atoms with van der Waals surface area (Å²) in [5.74, 6) is -0.699. The van der Waals surface area contributed by atoms with Crippen molar-refractivity contribution in [1.82, 2.24) is 5.32 Å². The molecule has 0 aliphatic rings. The maximum Gasteiger partial charge on any atom is 0.240 e. The molecule has 0 heterocycles. The van der Waals surface area contributed by atoms with Crippen LogP contribution in [-0.2, 0) is 16.0 Å². The minimum Gasteiger partial charge on any atom is -0.507 e. The van der Waals surface area contributed by atoms with Crippen LogP contribution >= 0.6 is 22.6 Å². The van der Waals surface area contributed by atoms with Crippen molar-refractivity contribution in [2.24, 2.45) is 5.73 Å². The molecule has 0 saturated heterocycles. The third-order valence-corrected chi connectivity index (χ3v) is 3.04. The van der Waals surface area contributed by atoms with E-state index in [2.05, 4.69) is 5.32 Å². The SMILES string of the molecule is CC(=O)NC(Cc1ccc(O)c(I)c1)C(N)=O. The molecule has 2 amide bonds. The van der Waals surface area contributed by atoms with Crippen molar-refractivity contribution >= 4 is 34.4 Å². The third kappa shape index (κ3) is 4.22. The molecule has 1 rings (SSSR count). The van der Waals surface area contributed by atoms with E-state index in [9.17, 15) is 14.7 Å². The molecule has 1 atom stereocenters. The van der Waals surface area contributed by atoms with E-state index in [4.69, 9.17) is 5.73 Å². The number of amides is 2. The molecule has 0 aliphatic carbocycles. The van der Waals surface area contributed by atoms with Crippen LogP contribution in [0, 0.1) is 3.57 Å². The molecule has 0 fully saturated rings. The molecule has 17 heavy (non-hydrogen) atoms. The summed E-state index contributed by atoms with van der Waals surface area (Å²) in [5, 5.41) is 11.8. The van der Waals surface area contributed by atoms with Crippen LogP contribution in [0.1, 0.15) is 12.5 Å². The molecule has 0 aromatic heterocycles. The molecule has 1 aromatic carbocycles. The number of phenols is 1. The van der Waals surface area contributed by atoms with Crippen LogP contribution in [0.3, 0.4) is 0 Å². The van der Waals surface area contributed by atoms with Gasteiger partial charge in [-0.1, -0.05) is 6.07 Å². The van der Waals surface area contributed by atoms with Crippen LogP contribution in [0.5, 0.6) is 5.75 Å². The molecule has 0 radical (unpaired) electrons. The molecule has 4 N–H and O–H groups in total. The highest BCUT2D eigenvalue weighted by atomic mass is 127. The number of phenolic OH excluding ortho intramolecular Hbond substituents is 1. The number of rotatable bonds is 4. The zero-order valence-electron chi connectivity index (χ0n) is 9.24. The lowest BCUT2D eigenvalue weighted by Crippen LogP contribution is -2.44. The van der Waals surface area contributed by atoms with Crippen molar-refractivity contribution < 1.29 is 14.7 Å². The fraction of sp³-hybridized carbons (Fsp3) is 0.273. The highest BCUT2D eigenvalue weighted by Crippen LogP contribution is 2.20. The topological polar surface area (TPSA) is 92.4 Å². The van der Waals surface area contributed by atoms with Crippen molar-refractivity contribution in [3.63, 3.8) is 0 Å². The summed E-state index contributed by atoms with van der Waals surface area (Å²) in [5.41, 5.74) is 6.02. The van der Waals surface area contributed by atoms with Crippen LogP contribution in [0.2, 0.25) is 0 Å². The third-order valence-electron chi connectivity index (χ3n) is 2.17. The van der Waals surface area contributed by atoms with Gasteiger partial charge in [0.05, 0.1) is 3.57 Å². The molecule has 1 unspecified atom stereocenters. The highest BCUT2D eigenvalue weighted by molar-refractivity contribution is 14.1. The van der Waals surface area contributed by atoms with Gasteiger partial charge in [-0.3, -0.25) is 9.59 Å². The maximum atomic E-state index is 11.1. The highest BCUT2D eigenvalue weighted by Gasteiger charge is 2.17. The van der Waals surface area contributed by atoms with Crippen molar-refractivity contribution in [3.05, 3.63) is 27.3 Å². The number of hydrogen-bond donors (Lipinski definition) is 3. The van der Waals surface area contributed by atoms with Gasteiger partial charge >= 0.3 is 0 Å². The Morgan fingerprint density at radius 1 is 1.53 bits per heavy atom. The van der Waals surface area contributed by atoms with Crippen LogP contribution in [0.25, 0.3) is 0 Å². The zero-order chi connectivity index (χ0) is 13.0. The summed E-state index contributed by atoms with van der Waals surface area (Å²) < 4.78 is 0.686. The van der Waals surface area contributed by atoms with Crippen LogP contribution in [0.4, 0.5) is 0 Å². The second-order valence-electron chi connectivity index (χ2n) is 3.65. The number of hydrogen-bond acceptors (Lipinski definition) is 3. The number of aromatic hydroxyl groups is 1. The van der Waals surface area contributed by atoms with Gasteiger partial charge in [0.2, 0.25) is 11.8 Å². The summed E-state index contributed by atoms with van der Waals surface area (Å²) in [6.07, 6.45) is 0.311. The summed E-state index contributed by atoms with van der Waals surface area (Å²) >= 11 is 1.99. The number of halogens is 1. The molecular weight excluding hydrogens is 335 g/mol. The quantitative estimate of drug-likeness (QED) is 0.693. The van der Waals surface area contributed by atoms with Gasteiger partial charge < -0.3 is 16.2 Å². The van der Waals surface area contributed by atoms with Gasteiger partial charge in [-0.15, -0.1) is 0 Å². The number of nitrogens with two attached hydrogens (primary N) is 1. The lowest BCUT2D eigenvalue weighted by atomic mass is 10.1. The largest absolute Gasteiger partial charge is 0.507 e. The summed E-state index contributed by atoms with van der Waals surface area (Å²) in [4.78, 5) is 22.1. The molecule has 92 valence electrons. The molecule has 0 aliphatic heterocycles. The van der Waals surface area contributed by atoms with E-state index in [1.165, 1.54) is 6.92 Å². The molecule has 5 nitrogen and oxygen atoms in total. The lowest BCUT2D eigenvalue weighted by Gasteiger charge is -2.14. The Kier molecular flexibility index (Phi) is 4.73. The predicted octanol–water partition coefficient (Wildman–Crippen LogP) is 0.529. The van der Waals surface area contributed by atoms with Gasteiger partial charge in [-0.05, 0) is 40.3 Å². The van der Waals surface area contributed by atoms with Crippen molar-refractivity contribution in [2.75, 3.05) is 0 Å². The normalized spacial score (nSPS) is 11.9. The summed E-state index contributed by atoms with van der Waals surface area (Å²) in [6, 6.07) is 4.25. The predicted molar refractivity (Wildman–Crippen MR) is 71.3 cm³/mol. The number of nitrogens with one attached hydrogen (secondary N) is 1. The average molecular weight is 348 g/mol. The van der Waals surface area contributed by atoms with E-state index in [-0.39, 0.29) is 11.7 Å². The molecule has 6 heteroatoms. The molecule has 0 bridgehead atoms. The number of benzene rings is 1. The first-order valence-electron chi connectivity index (χ1n) is 4.94. The molecule has 0 saturated carbocycles. The van der Waals surface area contributed by atoms with Gasteiger partial charge in [0.1, 0.15) is 11.8 Å². The fourth-order valence-electron chi connectivity index (χ4n) is 1.38. The van der Waals surface area contributed by atoms with Crippen LogP contribution in [0.15, 0.2) is 18.2 Å². The first-order valence-corrected chi connectivity index (χ1v) is 6.02. The first kappa shape index (κ1) is 13.8. The fourth-order valence-corrected chi connectivity index (χ4v) is 1.96. The smallest absolute Gasteiger partial charge is 0.240 e. The standard InChI is InChI=1S/C11H13IN2O3/c1-6(15)14-9(11(13)17)5-7-2-3-10(16)8(12)4-7/h2-4,9,16H,5H2,1H3,(H2,13,17)(H,14,15). The van der Waals surface area contributed by atoms with Crippen LogP contribution < -0.4 is 11.1 Å². The first-order chi connectivity index (χ1) is 7.90. The number of carbonyl (C=O) groups is 2. The van der Waals surface area contributed by atoms with E-state index in [1.807, 2.05) is 22.6 Å². The summed E-state index contributed by atoms with van der Waals surface area (Å²) in [7, 11) is 0. The lowest BCUT2D eigenvalue weighted by molar-refractivity contribution is -0.126. The van der Waals surface area contributed by atoms with Gasteiger partial charge in [-0.2, -0.15) is 0 Å². The Labute approximate surface area is 113 Å². The Hall–Kier alpha value is -1.31. The van der Waals surface area contributed by atoms with E-state index in [1.54, 1.807) is 18.2 Å². The Bertz CT molecular complexity index is 448. The minimum absolute atomic E-state index is 0.185. The zero-order valence-corrected chi connectivity index (χ0v) is 11.4.